The maximum absolute atomic E-state index is 5.93. The van der Waals surface area contributed by atoms with Crippen molar-refractivity contribution in [2.24, 2.45) is 0 Å². The summed E-state index contributed by atoms with van der Waals surface area (Å²) in [6, 6.07) is 1.80. The van der Waals surface area contributed by atoms with Crippen molar-refractivity contribution in [3.05, 3.63) is 17.0 Å². The van der Waals surface area contributed by atoms with Gasteiger partial charge in [0, 0.05) is 25.3 Å². The monoisotopic (exact) mass is 245 g/mol. The van der Waals surface area contributed by atoms with E-state index in [4.69, 9.17) is 16.3 Å². The minimum absolute atomic E-state index is 0.504. The van der Waals surface area contributed by atoms with E-state index >= 15 is 0 Å². The molecule has 0 bridgehead atoms. The predicted molar refractivity (Wildman–Crippen MR) is 63.5 cm³/mol. The molecular weight excluding hydrogens is 233 g/mol. The fraction of sp³-hybridized carbons (Fsp3) is 0.556. The summed E-state index contributed by atoms with van der Waals surface area (Å²) in [5.41, 5.74) is 0. The van der Waals surface area contributed by atoms with Gasteiger partial charge in [0.15, 0.2) is 0 Å². The minimum atomic E-state index is 0.504. The molecule has 82 valence electrons. The molecular formula is C9H13ClN3OP. The van der Waals surface area contributed by atoms with Crippen LogP contribution in [0.25, 0.3) is 0 Å². The first-order chi connectivity index (χ1) is 7.29. The lowest BCUT2D eigenvalue weighted by Crippen LogP contribution is -2.36. The van der Waals surface area contributed by atoms with Crippen LogP contribution >= 0.6 is 20.8 Å². The summed E-state index contributed by atoms with van der Waals surface area (Å²) in [6.07, 6.45) is 0.720. The molecule has 4 nitrogen and oxygen atoms in total. The molecule has 0 amide bonds. The lowest BCUT2D eigenvalue weighted by molar-refractivity contribution is 0.122. The SMILES string of the molecule is PCc1nc(Cl)cc(N2CCOCC2)n1. The molecule has 0 N–H and O–H groups in total. The van der Waals surface area contributed by atoms with Crippen LogP contribution in [0.4, 0.5) is 5.82 Å². The van der Waals surface area contributed by atoms with Crippen LogP contribution in [-0.2, 0) is 10.9 Å². The van der Waals surface area contributed by atoms with Gasteiger partial charge in [0.2, 0.25) is 0 Å². The van der Waals surface area contributed by atoms with Crippen LogP contribution < -0.4 is 4.90 Å². The standard InChI is InChI=1S/C9H13ClN3OP/c10-7-5-9(12-8(6-15)11-7)13-1-3-14-4-2-13/h5H,1-4,6,15H2. The number of hydrogen-bond acceptors (Lipinski definition) is 4. The number of morpholine rings is 1. The van der Waals surface area contributed by atoms with Crippen molar-refractivity contribution in [2.75, 3.05) is 31.2 Å². The number of nitrogens with zero attached hydrogens (tertiary/aromatic N) is 3. The molecule has 1 aliphatic rings. The molecule has 0 spiro atoms. The number of halogens is 1. The van der Waals surface area contributed by atoms with Gasteiger partial charge in [-0.15, -0.1) is 9.24 Å². The zero-order chi connectivity index (χ0) is 10.7. The van der Waals surface area contributed by atoms with E-state index < -0.39 is 0 Å². The Morgan fingerprint density at radius 1 is 1.40 bits per heavy atom. The predicted octanol–water partition coefficient (Wildman–Crippen LogP) is 1.34. The molecule has 15 heavy (non-hydrogen) atoms. The van der Waals surface area contributed by atoms with Crippen molar-refractivity contribution in [1.29, 1.82) is 0 Å². The third kappa shape index (κ3) is 2.77. The highest BCUT2D eigenvalue weighted by Gasteiger charge is 2.13. The molecule has 0 saturated carbocycles. The topological polar surface area (TPSA) is 38.2 Å². The highest BCUT2D eigenvalue weighted by molar-refractivity contribution is 7.15. The van der Waals surface area contributed by atoms with E-state index in [1.54, 1.807) is 6.07 Å². The maximum Gasteiger partial charge on any atom is 0.136 e. The smallest absolute Gasteiger partial charge is 0.136 e. The van der Waals surface area contributed by atoms with Crippen LogP contribution in [0, 0.1) is 0 Å². The Hall–Kier alpha value is -0.440. The summed E-state index contributed by atoms with van der Waals surface area (Å²) < 4.78 is 5.29. The van der Waals surface area contributed by atoms with E-state index in [0.717, 1.165) is 44.1 Å². The molecule has 2 heterocycles. The van der Waals surface area contributed by atoms with Gasteiger partial charge in [0.05, 0.1) is 13.2 Å². The lowest BCUT2D eigenvalue weighted by atomic mass is 10.4. The third-order valence-corrected chi connectivity index (χ3v) is 2.80. The van der Waals surface area contributed by atoms with Gasteiger partial charge in [0.25, 0.3) is 0 Å². The Morgan fingerprint density at radius 3 is 2.80 bits per heavy atom. The average molecular weight is 246 g/mol. The van der Waals surface area contributed by atoms with E-state index in [2.05, 4.69) is 24.1 Å². The van der Waals surface area contributed by atoms with Crippen LogP contribution in [0.5, 0.6) is 0 Å². The highest BCUT2D eigenvalue weighted by atomic mass is 35.5. The van der Waals surface area contributed by atoms with Gasteiger partial charge in [-0.05, 0) is 0 Å². The molecule has 1 unspecified atom stereocenters. The minimum Gasteiger partial charge on any atom is -0.378 e. The summed E-state index contributed by atoms with van der Waals surface area (Å²) in [5, 5.41) is 0.504. The van der Waals surface area contributed by atoms with Crippen molar-refractivity contribution in [3.8, 4) is 0 Å². The molecule has 6 heteroatoms. The molecule has 1 aromatic rings. The second-order valence-electron chi connectivity index (χ2n) is 3.27. The number of hydrogen-bond donors (Lipinski definition) is 0. The van der Waals surface area contributed by atoms with Crippen LogP contribution in [-0.4, -0.2) is 36.3 Å². The van der Waals surface area contributed by atoms with Crippen LogP contribution in [0.1, 0.15) is 5.82 Å². The van der Waals surface area contributed by atoms with Gasteiger partial charge in [-0.3, -0.25) is 0 Å². The summed E-state index contributed by atoms with van der Waals surface area (Å²) in [7, 11) is 2.60. The molecule has 1 atom stereocenters. The van der Waals surface area contributed by atoms with Gasteiger partial charge < -0.3 is 9.64 Å². The normalized spacial score (nSPS) is 16.8. The molecule has 0 radical (unpaired) electrons. The van der Waals surface area contributed by atoms with Crippen molar-refractivity contribution in [3.63, 3.8) is 0 Å². The van der Waals surface area contributed by atoms with Gasteiger partial charge in [0.1, 0.15) is 16.8 Å². The fourth-order valence-corrected chi connectivity index (χ4v) is 1.88. The first-order valence-corrected chi connectivity index (χ1v) is 6.05. The Kier molecular flexibility index (Phi) is 3.73. The lowest BCUT2D eigenvalue weighted by Gasteiger charge is -2.27. The fourth-order valence-electron chi connectivity index (χ4n) is 1.50. The highest BCUT2D eigenvalue weighted by Crippen LogP contribution is 2.18. The number of aromatic nitrogens is 2. The zero-order valence-electron chi connectivity index (χ0n) is 8.32. The quantitative estimate of drug-likeness (QED) is 0.582. The van der Waals surface area contributed by atoms with Gasteiger partial charge >= 0.3 is 0 Å². The Labute approximate surface area is 96.2 Å². The second-order valence-corrected chi connectivity index (χ2v) is 4.06. The molecule has 0 aromatic carbocycles. The Morgan fingerprint density at radius 2 is 2.13 bits per heavy atom. The number of anilines is 1. The van der Waals surface area contributed by atoms with E-state index in [1.165, 1.54) is 0 Å². The van der Waals surface area contributed by atoms with Crippen LogP contribution in [0.3, 0.4) is 0 Å². The number of rotatable bonds is 2. The Bertz CT molecular complexity index is 344. The summed E-state index contributed by atoms with van der Waals surface area (Å²) in [6.45, 7) is 3.23. The van der Waals surface area contributed by atoms with E-state index in [1.807, 2.05) is 0 Å². The van der Waals surface area contributed by atoms with Crippen molar-refractivity contribution in [2.45, 2.75) is 6.16 Å². The molecule has 1 fully saturated rings. The van der Waals surface area contributed by atoms with Gasteiger partial charge in [-0.25, -0.2) is 9.97 Å². The number of ether oxygens (including phenoxy) is 1. The van der Waals surface area contributed by atoms with Crippen LogP contribution in [0.2, 0.25) is 5.15 Å². The third-order valence-electron chi connectivity index (χ3n) is 2.25. The van der Waals surface area contributed by atoms with Crippen molar-refractivity contribution >= 4 is 26.7 Å². The summed E-state index contributed by atoms with van der Waals surface area (Å²) in [4.78, 5) is 10.7. The maximum atomic E-state index is 5.93. The van der Waals surface area contributed by atoms with E-state index in [0.29, 0.717) is 5.15 Å². The first kappa shape index (κ1) is 11.1. The van der Waals surface area contributed by atoms with Gasteiger partial charge in [-0.1, -0.05) is 11.6 Å². The largest absolute Gasteiger partial charge is 0.378 e. The average Bonchev–Trinajstić information content (AvgIpc) is 2.29. The first-order valence-electron chi connectivity index (χ1n) is 4.86. The summed E-state index contributed by atoms with van der Waals surface area (Å²) in [5.74, 6) is 1.66. The zero-order valence-corrected chi connectivity index (χ0v) is 10.2. The molecule has 1 aliphatic heterocycles. The van der Waals surface area contributed by atoms with Crippen LogP contribution in [0.15, 0.2) is 6.07 Å². The van der Waals surface area contributed by atoms with Crippen molar-refractivity contribution in [1.82, 2.24) is 9.97 Å². The molecule has 1 aromatic heterocycles. The van der Waals surface area contributed by atoms with Crippen molar-refractivity contribution < 1.29 is 4.74 Å². The second kappa shape index (κ2) is 5.06. The van der Waals surface area contributed by atoms with Gasteiger partial charge in [-0.2, -0.15) is 0 Å². The molecule has 1 saturated heterocycles. The Balaban J connectivity index is 2.22. The van der Waals surface area contributed by atoms with E-state index in [9.17, 15) is 0 Å². The summed E-state index contributed by atoms with van der Waals surface area (Å²) >= 11 is 5.93. The molecule has 0 aliphatic carbocycles. The molecule has 2 rings (SSSR count). The van der Waals surface area contributed by atoms with E-state index in [-0.39, 0.29) is 0 Å².